The van der Waals surface area contributed by atoms with Crippen molar-refractivity contribution in [1.82, 2.24) is 0 Å². The first-order valence-electron chi connectivity index (χ1n) is 4.88. The lowest BCUT2D eigenvalue weighted by molar-refractivity contribution is 0.590. The zero-order valence-electron chi connectivity index (χ0n) is 9.21. The molecule has 1 heteroatoms. The molecular formula is C13H18S. The Kier molecular flexibility index (Phi) is 3.82. The summed E-state index contributed by atoms with van der Waals surface area (Å²) < 4.78 is 0. The van der Waals surface area contributed by atoms with E-state index < -0.39 is 0 Å². The van der Waals surface area contributed by atoms with Gasteiger partial charge in [0.2, 0.25) is 0 Å². The molecule has 0 nitrogen and oxygen atoms in total. The maximum Gasteiger partial charge on any atom is 0.0158 e. The van der Waals surface area contributed by atoms with Gasteiger partial charge in [-0.3, -0.25) is 0 Å². The predicted octanol–water partition coefficient (Wildman–Crippen LogP) is 4.26. The lowest BCUT2D eigenvalue weighted by Gasteiger charge is -2.18. The molecule has 0 aliphatic carbocycles. The summed E-state index contributed by atoms with van der Waals surface area (Å²) in [5.41, 5.74) is 1.64. The van der Waals surface area contributed by atoms with Gasteiger partial charge in [-0.2, -0.15) is 0 Å². The number of rotatable bonds is 3. The Hall–Kier alpha value is -0.690. The monoisotopic (exact) mass is 206 g/mol. The van der Waals surface area contributed by atoms with E-state index in [1.54, 1.807) is 0 Å². The fourth-order valence-corrected chi connectivity index (χ4v) is 1.85. The summed E-state index contributed by atoms with van der Waals surface area (Å²) in [6, 6.07) is 8.81. The summed E-state index contributed by atoms with van der Waals surface area (Å²) in [4.78, 5) is 1.32. The van der Waals surface area contributed by atoms with E-state index in [1.807, 2.05) is 17.8 Å². The fourth-order valence-electron chi connectivity index (χ4n) is 1.21. The second-order valence-corrected chi connectivity index (χ2v) is 5.47. The quantitative estimate of drug-likeness (QED) is 0.526. The van der Waals surface area contributed by atoms with Crippen LogP contribution >= 0.6 is 11.8 Å². The SMILES string of the molecule is C=CCSc1ccc(C(C)(C)C)cc1. The summed E-state index contributed by atoms with van der Waals surface area (Å²) in [6.07, 6.45) is 1.93. The van der Waals surface area contributed by atoms with Crippen LogP contribution in [0.2, 0.25) is 0 Å². The second-order valence-electron chi connectivity index (χ2n) is 4.37. The van der Waals surface area contributed by atoms with Gasteiger partial charge in [0, 0.05) is 10.6 Å². The molecule has 0 bridgehead atoms. The van der Waals surface area contributed by atoms with Gasteiger partial charge in [0.25, 0.3) is 0 Å². The van der Waals surface area contributed by atoms with E-state index in [1.165, 1.54) is 10.5 Å². The molecule has 1 aromatic carbocycles. The van der Waals surface area contributed by atoms with E-state index in [2.05, 4.69) is 51.6 Å². The molecule has 0 radical (unpaired) electrons. The molecule has 0 aliphatic heterocycles. The van der Waals surface area contributed by atoms with E-state index in [0.29, 0.717) is 0 Å². The van der Waals surface area contributed by atoms with Gasteiger partial charge in [-0.05, 0) is 23.1 Å². The summed E-state index contributed by atoms with van der Waals surface area (Å²) in [7, 11) is 0. The Morgan fingerprint density at radius 2 is 1.79 bits per heavy atom. The molecule has 0 spiro atoms. The fraction of sp³-hybridized carbons (Fsp3) is 0.385. The van der Waals surface area contributed by atoms with Crippen LogP contribution in [-0.2, 0) is 5.41 Å². The van der Waals surface area contributed by atoms with Gasteiger partial charge >= 0.3 is 0 Å². The molecule has 0 heterocycles. The zero-order chi connectivity index (χ0) is 10.6. The lowest BCUT2D eigenvalue weighted by Crippen LogP contribution is -2.10. The van der Waals surface area contributed by atoms with Crippen molar-refractivity contribution in [3.05, 3.63) is 42.5 Å². The van der Waals surface area contributed by atoms with E-state index in [9.17, 15) is 0 Å². The van der Waals surface area contributed by atoms with Gasteiger partial charge in [0.15, 0.2) is 0 Å². The first-order valence-corrected chi connectivity index (χ1v) is 5.87. The Morgan fingerprint density at radius 3 is 2.21 bits per heavy atom. The van der Waals surface area contributed by atoms with Crippen LogP contribution in [0.1, 0.15) is 26.3 Å². The normalized spacial score (nSPS) is 11.4. The van der Waals surface area contributed by atoms with Crippen molar-refractivity contribution in [3.8, 4) is 0 Å². The highest BCUT2D eigenvalue weighted by Crippen LogP contribution is 2.25. The van der Waals surface area contributed by atoms with Gasteiger partial charge in [-0.1, -0.05) is 39.0 Å². The highest BCUT2D eigenvalue weighted by Gasteiger charge is 2.12. The minimum Gasteiger partial charge on any atom is -0.122 e. The largest absolute Gasteiger partial charge is 0.122 e. The number of hydrogen-bond acceptors (Lipinski definition) is 1. The van der Waals surface area contributed by atoms with E-state index in [0.717, 1.165) is 5.75 Å². The van der Waals surface area contributed by atoms with E-state index in [4.69, 9.17) is 0 Å². The molecule has 0 atom stereocenters. The third-order valence-corrected chi connectivity index (χ3v) is 3.10. The van der Waals surface area contributed by atoms with Gasteiger partial charge in [-0.15, -0.1) is 18.3 Å². The molecule has 1 rings (SSSR count). The van der Waals surface area contributed by atoms with Crippen molar-refractivity contribution in [3.63, 3.8) is 0 Å². The Balaban J connectivity index is 2.73. The summed E-state index contributed by atoms with van der Waals surface area (Å²) in [5.74, 6) is 0.981. The summed E-state index contributed by atoms with van der Waals surface area (Å²) in [5, 5.41) is 0. The third kappa shape index (κ3) is 3.22. The molecule has 0 aliphatic rings. The van der Waals surface area contributed by atoms with Gasteiger partial charge in [0.1, 0.15) is 0 Å². The average molecular weight is 206 g/mol. The molecule has 0 saturated heterocycles. The highest BCUT2D eigenvalue weighted by molar-refractivity contribution is 7.99. The number of hydrogen-bond donors (Lipinski definition) is 0. The van der Waals surface area contributed by atoms with Crippen LogP contribution in [0.15, 0.2) is 41.8 Å². The Bertz CT molecular complexity index is 290. The Labute approximate surface area is 91.4 Å². The third-order valence-electron chi connectivity index (χ3n) is 2.09. The van der Waals surface area contributed by atoms with E-state index >= 15 is 0 Å². The van der Waals surface area contributed by atoms with Crippen molar-refractivity contribution >= 4 is 11.8 Å². The van der Waals surface area contributed by atoms with Gasteiger partial charge < -0.3 is 0 Å². The van der Waals surface area contributed by atoms with Gasteiger partial charge in [-0.25, -0.2) is 0 Å². The van der Waals surface area contributed by atoms with Crippen molar-refractivity contribution in [2.24, 2.45) is 0 Å². The number of thioether (sulfide) groups is 1. The topological polar surface area (TPSA) is 0 Å². The molecule has 14 heavy (non-hydrogen) atoms. The highest BCUT2D eigenvalue weighted by atomic mass is 32.2. The lowest BCUT2D eigenvalue weighted by atomic mass is 9.87. The first kappa shape index (κ1) is 11.4. The predicted molar refractivity (Wildman–Crippen MR) is 66.1 cm³/mol. The second kappa shape index (κ2) is 4.70. The molecular weight excluding hydrogens is 188 g/mol. The molecule has 0 unspecified atom stereocenters. The molecule has 0 fully saturated rings. The first-order chi connectivity index (χ1) is 6.54. The molecule has 0 aromatic heterocycles. The van der Waals surface area contributed by atoms with Crippen LogP contribution in [0.4, 0.5) is 0 Å². The van der Waals surface area contributed by atoms with Crippen LogP contribution < -0.4 is 0 Å². The van der Waals surface area contributed by atoms with Crippen molar-refractivity contribution in [1.29, 1.82) is 0 Å². The van der Waals surface area contributed by atoms with Crippen LogP contribution in [0, 0.1) is 0 Å². The maximum absolute atomic E-state index is 3.71. The van der Waals surface area contributed by atoms with Crippen molar-refractivity contribution < 1.29 is 0 Å². The van der Waals surface area contributed by atoms with Crippen LogP contribution in [0.5, 0.6) is 0 Å². The number of benzene rings is 1. The van der Waals surface area contributed by atoms with Gasteiger partial charge in [0.05, 0.1) is 0 Å². The van der Waals surface area contributed by atoms with Crippen LogP contribution in [0.3, 0.4) is 0 Å². The average Bonchev–Trinajstić information content (AvgIpc) is 2.14. The van der Waals surface area contributed by atoms with E-state index in [-0.39, 0.29) is 5.41 Å². The standard InChI is InChI=1S/C13H18S/c1-5-10-14-12-8-6-11(7-9-12)13(2,3)4/h5-9H,1,10H2,2-4H3. The molecule has 0 saturated carbocycles. The smallest absolute Gasteiger partial charge is 0.0158 e. The Morgan fingerprint density at radius 1 is 1.21 bits per heavy atom. The zero-order valence-corrected chi connectivity index (χ0v) is 10.0. The summed E-state index contributed by atoms with van der Waals surface area (Å²) in [6.45, 7) is 10.4. The summed E-state index contributed by atoms with van der Waals surface area (Å²) >= 11 is 1.82. The maximum atomic E-state index is 3.71. The van der Waals surface area contributed by atoms with Crippen LogP contribution in [-0.4, -0.2) is 5.75 Å². The van der Waals surface area contributed by atoms with Crippen molar-refractivity contribution in [2.45, 2.75) is 31.1 Å². The minimum atomic E-state index is 0.252. The van der Waals surface area contributed by atoms with Crippen molar-refractivity contribution in [2.75, 3.05) is 5.75 Å². The molecule has 0 N–H and O–H groups in total. The molecule has 0 amide bonds. The molecule has 76 valence electrons. The van der Waals surface area contributed by atoms with Crippen LogP contribution in [0.25, 0.3) is 0 Å². The molecule has 1 aromatic rings. The minimum absolute atomic E-state index is 0.252.